The molecule has 0 N–H and O–H groups in total. The number of hydrogen-bond donors (Lipinski definition) is 0. The standard InChI is InChI=1S/C20H27IN4O2/c1-12(2)18-14(4)25(23-19(18)21)16-6-7-17(22-13(16)3)24-10-8-15(9-11-24)20(26)27-5/h6-7,12,15H,8-11H2,1-5H3. The monoisotopic (exact) mass is 482 g/mol. The van der Waals surface area contributed by atoms with Crippen molar-refractivity contribution in [2.24, 2.45) is 5.92 Å². The number of hydrogen-bond acceptors (Lipinski definition) is 5. The fourth-order valence-electron chi connectivity index (χ4n) is 3.82. The zero-order valence-electron chi connectivity index (χ0n) is 16.6. The van der Waals surface area contributed by atoms with E-state index in [1.165, 1.54) is 18.4 Å². The van der Waals surface area contributed by atoms with Crippen LogP contribution in [0.5, 0.6) is 0 Å². The van der Waals surface area contributed by atoms with Crippen LogP contribution in [0.1, 0.15) is 49.6 Å². The number of halogens is 1. The van der Waals surface area contributed by atoms with Gasteiger partial charge in [-0.1, -0.05) is 13.8 Å². The molecule has 1 fully saturated rings. The number of carbonyl (C=O) groups excluding carboxylic acids is 1. The summed E-state index contributed by atoms with van der Waals surface area (Å²) < 4.78 is 7.93. The Morgan fingerprint density at radius 3 is 2.44 bits per heavy atom. The molecular weight excluding hydrogens is 455 g/mol. The number of esters is 1. The molecule has 3 rings (SSSR count). The van der Waals surface area contributed by atoms with Crippen molar-refractivity contribution in [3.63, 3.8) is 0 Å². The fourth-order valence-corrected chi connectivity index (χ4v) is 5.05. The topological polar surface area (TPSA) is 60.2 Å². The molecule has 0 aromatic carbocycles. The molecule has 0 amide bonds. The second-order valence-corrected chi connectivity index (χ2v) is 8.44. The molecule has 1 saturated heterocycles. The minimum atomic E-state index is -0.0983. The lowest BCUT2D eigenvalue weighted by atomic mass is 9.97. The van der Waals surface area contributed by atoms with Crippen molar-refractivity contribution in [3.8, 4) is 5.69 Å². The Morgan fingerprint density at radius 1 is 1.26 bits per heavy atom. The van der Waals surface area contributed by atoms with Crippen molar-refractivity contribution in [3.05, 3.63) is 32.8 Å². The van der Waals surface area contributed by atoms with Crippen molar-refractivity contribution >= 4 is 34.4 Å². The number of carbonyl (C=O) groups is 1. The fraction of sp³-hybridized carbons (Fsp3) is 0.550. The van der Waals surface area contributed by atoms with Crippen LogP contribution in [-0.2, 0) is 9.53 Å². The molecule has 1 aliphatic heterocycles. The third kappa shape index (κ3) is 3.97. The number of methoxy groups -OCH3 is 1. The van der Waals surface area contributed by atoms with Crippen LogP contribution in [0.25, 0.3) is 5.69 Å². The molecule has 0 spiro atoms. The molecule has 0 bridgehead atoms. The molecule has 0 unspecified atom stereocenters. The second kappa shape index (κ2) is 8.16. The van der Waals surface area contributed by atoms with Gasteiger partial charge in [0.05, 0.1) is 24.4 Å². The van der Waals surface area contributed by atoms with E-state index in [2.05, 4.69) is 60.4 Å². The highest BCUT2D eigenvalue weighted by Crippen LogP contribution is 2.29. The summed E-state index contributed by atoms with van der Waals surface area (Å²) in [6.45, 7) is 10.2. The number of aryl methyl sites for hydroxylation is 1. The van der Waals surface area contributed by atoms with E-state index >= 15 is 0 Å². The summed E-state index contributed by atoms with van der Waals surface area (Å²) in [4.78, 5) is 18.8. The van der Waals surface area contributed by atoms with E-state index in [-0.39, 0.29) is 11.9 Å². The van der Waals surface area contributed by atoms with Crippen molar-refractivity contribution in [2.45, 2.75) is 46.5 Å². The maximum Gasteiger partial charge on any atom is 0.308 e. The van der Waals surface area contributed by atoms with E-state index in [0.717, 1.165) is 46.8 Å². The molecule has 2 aromatic heterocycles. The maximum absolute atomic E-state index is 11.7. The van der Waals surface area contributed by atoms with Crippen molar-refractivity contribution in [2.75, 3.05) is 25.1 Å². The summed E-state index contributed by atoms with van der Waals surface area (Å²) in [7, 11) is 1.46. The minimum absolute atomic E-state index is 0.00914. The number of aromatic nitrogens is 3. The molecule has 0 atom stereocenters. The van der Waals surface area contributed by atoms with Crippen LogP contribution in [0, 0.1) is 23.5 Å². The van der Waals surface area contributed by atoms with Crippen LogP contribution in [0.4, 0.5) is 5.82 Å². The Labute approximate surface area is 174 Å². The summed E-state index contributed by atoms with van der Waals surface area (Å²) in [6, 6.07) is 4.16. The van der Waals surface area contributed by atoms with Gasteiger partial charge in [0.2, 0.25) is 0 Å². The van der Waals surface area contributed by atoms with E-state index in [9.17, 15) is 4.79 Å². The first-order chi connectivity index (χ1) is 12.8. The first-order valence-electron chi connectivity index (χ1n) is 9.39. The van der Waals surface area contributed by atoms with Crippen LogP contribution < -0.4 is 4.90 Å². The Kier molecular flexibility index (Phi) is 6.08. The highest BCUT2D eigenvalue weighted by Gasteiger charge is 2.26. The summed E-state index contributed by atoms with van der Waals surface area (Å²) in [5.74, 6) is 1.31. The van der Waals surface area contributed by atoms with Gasteiger partial charge in [-0.3, -0.25) is 4.79 Å². The Morgan fingerprint density at radius 2 is 1.93 bits per heavy atom. The van der Waals surface area contributed by atoms with E-state index in [4.69, 9.17) is 14.8 Å². The minimum Gasteiger partial charge on any atom is -0.469 e. The van der Waals surface area contributed by atoms with Crippen LogP contribution >= 0.6 is 22.6 Å². The van der Waals surface area contributed by atoms with Gasteiger partial charge in [0, 0.05) is 24.3 Å². The molecule has 146 valence electrons. The van der Waals surface area contributed by atoms with Gasteiger partial charge in [-0.05, 0) is 67.3 Å². The first-order valence-corrected chi connectivity index (χ1v) is 10.5. The van der Waals surface area contributed by atoms with Crippen LogP contribution in [0.15, 0.2) is 12.1 Å². The molecule has 6 nitrogen and oxygen atoms in total. The summed E-state index contributed by atoms with van der Waals surface area (Å²) in [5, 5.41) is 4.74. The molecule has 0 aliphatic carbocycles. The number of anilines is 1. The number of ether oxygens (including phenoxy) is 1. The quantitative estimate of drug-likeness (QED) is 0.487. The lowest BCUT2D eigenvalue weighted by molar-refractivity contribution is -0.146. The molecule has 0 radical (unpaired) electrons. The van der Waals surface area contributed by atoms with Crippen molar-refractivity contribution in [1.82, 2.24) is 14.8 Å². The Bertz CT molecular complexity index is 839. The van der Waals surface area contributed by atoms with Crippen LogP contribution in [0.2, 0.25) is 0 Å². The third-order valence-electron chi connectivity index (χ3n) is 5.32. The Hall–Kier alpha value is -1.64. The maximum atomic E-state index is 11.7. The Balaban J connectivity index is 1.81. The SMILES string of the molecule is COC(=O)C1CCN(c2ccc(-n3nc(I)c(C(C)C)c3C)c(C)n2)CC1. The summed E-state index contributed by atoms with van der Waals surface area (Å²) >= 11 is 2.31. The highest BCUT2D eigenvalue weighted by molar-refractivity contribution is 14.1. The first kappa shape index (κ1) is 20.1. The van der Waals surface area contributed by atoms with E-state index in [0.29, 0.717) is 5.92 Å². The van der Waals surface area contributed by atoms with Gasteiger partial charge in [-0.2, -0.15) is 5.10 Å². The molecule has 27 heavy (non-hydrogen) atoms. The van der Waals surface area contributed by atoms with E-state index < -0.39 is 0 Å². The van der Waals surface area contributed by atoms with Gasteiger partial charge < -0.3 is 9.64 Å². The molecule has 0 saturated carbocycles. The van der Waals surface area contributed by atoms with Gasteiger partial charge in [0.1, 0.15) is 9.52 Å². The lowest BCUT2D eigenvalue weighted by Crippen LogP contribution is -2.37. The summed E-state index contributed by atoms with van der Waals surface area (Å²) in [5.41, 5.74) is 4.44. The number of pyridine rings is 1. The van der Waals surface area contributed by atoms with Gasteiger partial charge in [0.15, 0.2) is 0 Å². The molecule has 1 aliphatic rings. The highest BCUT2D eigenvalue weighted by atomic mass is 127. The number of rotatable bonds is 4. The normalized spacial score (nSPS) is 15.4. The largest absolute Gasteiger partial charge is 0.469 e. The van der Waals surface area contributed by atoms with Gasteiger partial charge in [-0.25, -0.2) is 9.67 Å². The second-order valence-electron chi connectivity index (χ2n) is 7.41. The lowest BCUT2D eigenvalue weighted by Gasteiger charge is -2.31. The molecule has 2 aromatic rings. The molecular formula is C20H27IN4O2. The average Bonchev–Trinajstić information content (AvgIpc) is 2.95. The predicted molar refractivity (Wildman–Crippen MR) is 115 cm³/mol. The van der Waals surface area contributed by atoms with Crippen LogP contribution in [-0.4, -0.2) is 40.9 Å². The number of nitrogens with zero attached hydrogens (tertiary/aromatic N) is 4. The molecule has 7 heteroatoms. The van der Waals surface area contributed by atoms with Gasteiger partial charge in [0.25, 0.3) is 0 Å². The van der Waals surface area contributed by atoms with Gasteiger partial charge in [-0.15, -0.1) is 0 Å². The van der Waals surface area contributed by atoms with E-state index in [1.807, 2.05) is 11.6 Å². The zero-order valence-corrected chi connectivity index (χ0v) is 18.8. The van der Waals surface area contributed by atoms with Crippen molar-refractivity contribution in [1.29, 1.82) is 0 Å². The third-order valence-corrected chi connectivity index (χ3v) is 6.12. The molecule has 3 heterocycles. The van der Waals surface area contributed by atoms with Crippen LogP contribution in [0.3, 0.4) is 0 Å². The van der Waals surface area contributed by atoms with Gasteiger partial charge >= 0.3 is 5.97 Å². The van der Waals surface area contributed by atoms with E-state index in [1.54, 1.807) is 0 Å². The summed E-state index contributed by atoms with van der Waals surface area (Å²) in [6.07, 6.45) is 1.62. The smallest absolute Gasteiger partial charge is 0.308 e. The average molecular weight is 482 g/mol. The predicted octanol–water partition coefficient (Wildman–Crippen LogP) is 4.00. The van der Waals surface area contributed by atoms with Crippen molar-refractivity contribution < 1.29 is 9.53 Å². The zero-order chi connectivity index (χ0) is 19.7. The number of piperidine rings is 1.